The Bertz CT molecular complexity index is 1280. The smallest absolute Gasteiger partial charge is 0.243 e. The zero-order valence-corrected chi connectivity index (χ0v) is 26.5. The number of benzene rings is 1. The number of likely N-dealkylation sites (tertiary alicyclic amines) is 1. The van der Waals surface area contributed by atoms with E-state index in [0.29, 0.717) is 56.4 Å². The summed E-state index contributed by atoms with van der Waals surface area (Å²) in [5.41, 5.74) is 25.7. The fourth-order valence-corrected chi connectivity index (χ4v) is 6.57. The van der Waals surface area contributed by atoms with Crippen molar-refractivity contribution < 1.29 is 18.0 Å². The van der Waals surface area contributed by atoms with Crippen molar-refractivity contribution in [1.82, 2.24) is 9.62 Å². The number of carbonyl (C=O) groups is 2. The van der Waals surface area contributed by atoms with E-state index in [-0.39, 0.29) is 29.7 Å². The molecule has 1 aromatic carbocycles. The fraction of sp³-hybridized carbons (Fsp3) is 0.679. The van der Waals surface area contributed by atoms with E-state index >= 15 is 0 Å². The van der Waals surface area contributed by atoms with Gasteiger partial charge in [-0.05, 0) is 73.4 Å². The van der Waals surface area contributed by atoms with Crippen molar-refractivity contribution in [3.8, 4) is 0 Å². The molecule has 0 aromatic heterocycles. The van der Waals surface area contributed by atoms with Crippen LogP contribution in [0.1, 0.15) is 65.4 Å². The van der Waals surface area contributed by atoms with Crippen LogP contribution in [0.3, 0.4) is 0 Å². The number of azide groups is 1. The third kappa shape index (κ3) is 11.2. The molecule has 4 atom stereocenters. The monoisotopic (exact) mass is 620 g/mol. The van der Waals surface area contributed by atoms with Crippen LogP contribution in [0.25, 0.3) is 10.4 Å². The number of nitrogens with two attached hydrogens (primary N) is 3. The first-order chi connectivity index (χ1) is 20.3. The van der Waals surface area contributed by atoms with Gasteiger partial charge in [0.25, 0.3) is 0 Å². The van der Waals surface area contributed by atoms with Crippen molar-refractivity contribution in [3.05, 3.63) is 34.2 Å². The second-order valence-electron chi connectivity index (χ2n) is 11.8. The van der Waals surface area contributed by atoms with Crippen molar-refractivity contribution in [2.24, 2.45) is 45.1 Å². The quantitative estimate of drug-likeness (QED) is 0.0584. The first-order valence-electron chi connectivity index (χ1n) is 14.8. The number of sulfonamides is 1. The number of carbonyl (C=O) groups excluding carboxylic acids is 2. The summed E-state index contributed by atoms with van der Waals surface area (Å²) in [5, 5.41) is 6.62. The molecule has 1 fully saturated rings. The molecule has 2 amide bonds. The van der Waals surface area contributed by atoms with E-state index in [4.69, 9.17) is 22.7 Å². The Morgan fingerprint density at radius 2 is 1.88 bits per heavy atom. The van der Waals surface area contributed by atoms with E-state index in [1.165, 1.54) is 11.0 Å². The Labute approximate surface area is 254 Å². The first kappa shape index (κ1) is 35.6. The summed E-state index contributed by atoms with van der Waals surface area (Å²) < 4.78 is 29.6. The predicted octanol–water partition coefficient (Wildman–Crippen LogP) is 2.45. The van der Waals surface area contributed by atoms with Gasteiger partial charge in [0.1, 0.15) is 17.0 Å². The molecular formula is C28H48N10O4S. The highest BCUT2D eigenvalue weighted by molar-refractivity contribution is 7.89. The largest absolute Gasteiger partial charge is 0.383 e. The van der Waals surface area contributed by atoms with Crippen molar-refractivity contribution in [1.29, 1.82) is 0 Å². The lowest BCUT2D eigenvalue weighted by Crippen LogP contribution is -2.57. The molecule has 1 saturated heterocycles. The molecule has 43 heavy (non-hydrogen) atoms. The van der Waals surface area contributed by atoms with Gasteiger partial charge in [0, 0.05) is 31.1 Å². The number of amides is 2. The van der Waals surface area contributed by atoms with E-state index < -0.39 is 33.9 Å². The molecule has 15 heteroatoms. The summed E-state index contributed by atoms with van der Waals surface area (Å²) in [7, 11) is -4.07. The van der Waals surface area contributed by atoms with Gasteiger partial charge in [0.15, 0.2) is 5.96 Å². The number of hydrogen-bond acceptors (Lipinski definition) is 7. The lowest BCUT2D eigenvalue weighted by molar-refractivity contribution is -0.143. The maximum absolute atomic E-state index is 13.6. The van der Waals surface area contributed by atoms with Crippen LogP contribution in [0.4, 0.5) is 5.69 Å². The molecule has 0 aliphatic carbocycles. The summed E-state index contributed by atoms with van der Waals surface area (Å²) in [6.07, 6.45) is 3.43. The van der Waals surface area contributed by atoms with E-state index in [9.17, 15) is 18.0 Å². The average molecular weight is 621 g/mol. The number of guanidine groups is 1. The van der Waals surface area contributed by atoms with Gasteiger partial charge in [-0.1, -0.05) is 44.9 Å². The van der Waals surface area contributed by atoms with Gasteiger partial charge in [-0.2, -0.15) is 4.72 Å². The summed E-state index contributed by atoms with van der Waals surface area (Å²) in [4.78, 5) is 33.8. The van der Waals surface area contributed by atoms with Crippen LogP contribution >= 0.6 is 0 Å². The maximum Gasteiger partial charge on any atom is 0.243 e. The Kier molecular flexibility index (Phi) is 14.0. The predicted molar refractivity (Wildman–Crippen MR) is 168 cm³/mol. The molecule has 2 aliphatic heterocycles. The van der Waals surface area contributed by atoms with E-state index in [2.05, 4.69) is 45.8 Å². The minimum Gasteiger partial charge on any atom is -0.383 e. The van der Waals surface area contributed by atoms with Crippen molar-refractivity contribution in [2.75, 3.05) is 31.5 Å². The van der Waals surface area contributed by atoms with Gasteiger partial charge in [0.05, 0.1) is 5.69 Å². The minimum atomic E-state index is -4.07. The van der Waals surface area contributed by atoms with Crippen LogP contribution in [0.15, 0.2) is 33.2 Å². The molecule has 0 spiro atoms. The number of para-hydroxylation sites is 1. The molecular weight excluding hydrogens is 572 g/mol. The average Bonchev–Trinajstić information content (AvgIpc) is 2.94. The molecule has 3 rings (SSSR count). The highest BCUT2D eigenvalue weighted by Gasteiger charge is 2.38. The number of piperidine rings is 1. The van der Waals surface area contributed by atoms with Gasteiger partial charge in [-0.25, -0.2) is 8.42 Å². The molecule has 2 heterocycles. The number of hydrogen-bond donors (Lipinski definition) is 5. The molecule has 1 unspecified atom stereocenters. The number of fused-ring (bicyclic) bond motifs is 1. The van der Waals surface area contributed by atoms with Gasteiger partial charge in [0.2, 0.25) is 21.8 Å². The van der Waals surface area contributed by atoms with Gasteiger partial charge < -0.3 is 27.4 Å². The Morgan fingerprint density at radius 1 is 1.16 bits per heavy atom. The minimum absolute atomic E-state index is 0.0801. The van der Waals surface area contributed by atoms with Crippen molar-refractivity contribution in [3.63, 3.8) is 0 Å². The van der Waals surface area contributed by atoms with Gasteiger partial charge in [-0.3, -0.25) is 14.6 Å². The molecule has 240 valence electrons. The Morgan fingerprint density at radius 3 is 2.51 bits per heavy atom. The standard InChI is InChI=1S/C23H37N7O4S.C5H11N3/c1-14-8-10-30(18(12-14)21(24)31)22(32)17(6-4-9-27-23(25)26)29-35(33,34)19-7-3-5-16-11-15(2)13-28-20(16)19;1-5(2)3-4-7-8-6/h3,5,7,14-15,17-18,28-29H,4,6,8-13H2,1-2H3,(H2,24,31)(H4,25,26,27);5H,3-4H2,1-2H3/t14-,15?,17+,18-;/m1./s1. The molecule has 14 nitrogen and oxygen atoms in total. The Balaban J connectivity index is 0.000000708. The Hall–Kier alpha value is -3.55. The van der Waals surface area contributed by atoms with Crippen LogP contribution in [-0.4, -0.2) is 69.4 Å². The fourth-order valence-electron chi connectivity index (χ4n) is 5.12. The molecule has 8 N–H and O–H groups in total. The number of primary amides is 1. The number of nitrogens with zero attached hydrogens (tertiary/aromatic N) is 5. The second kappa shape index (κ2) is 16.9. The first-order valence-corrected chi connectivity index (χ1v) is 16.3. The molecule has 0 saturated carbocycles. The lowest BCUT2D eigenvalue weighted by atomic mass is 9.91. The third-order valence-corrected chi connectivity index (χ3v) is 9.00. The zero-order valence-electron chi connectivity index (χ0n) is 25.7. The van der Waals surface area contributed by atoms with Crippen LogP contribution in [0.2, 0.25) is 0 Å². The highest BCUT2D eigenvalue weighted by Crippen LogP contribution is 2.31. The topological polar surface area (TPSA) is 235 Å². The van der Waals surface area contributed by atoms with Crippen LogP contribution in [0, 0.1) is 17.8 Å². The summed E-state index contributed by atoms with van der Waals surface area (Å²) in [5.74, 6) is 0.107. The zero-order chi connectivity index (χ0) is 32.2. The second-order valence-corrected chi connectivity index (χ2v) is 13.5. The molecule has 2 aliphatic rings. The van der Waals surface area contributed by atoms with Crippen LogP contribution in [-0.2, 0) is 26.0 Å². The van der Waals surface area contributed by atoms with Gasteiger partial charge in [-0.15, -0.1) is 0 Å². The maximum atomic E-state index is 13.6. The number of rotatable bonds is 12. The normalized spacial score (nSPS) is 20.4. The summed E-state index contributed by atoms with van der Waals surface area (Å²) >= 11 is 0. The number of aliphatic imine (C=N–C) groups is 1. The molecule has 1 aromatic rings. The van der Waals surface area contributed by atoms with Crippen LogP contribution < -0.4 is 27.2 Å². The molecule has 0 bridgehead atoms. The van der Waals surface area contributed by atoms with Crippen molar-refractivity contribution >= 4 is 33.5 Å². The van der Waals surface area contributed by atoms with E-state index in [0.717, 1.165) is 18.4 Å². The van der Waals surface area contributed by atoms with Gasteiger partial charge >= 0.3 is 0 Å². The third-order valence-electron chi connectivity index (χ3n) is 7.48. The van der Waals surface area contributed by atoms with Crippen LogP contribution in [0.5, 0.6) is 0 Å². The SMILES string of the molecule is CC(C)CCN=[N+]=[N-].CC1CNc2c(cccc2S(=O)(=O)N[C@@H](CCCN=C(N)N)C(=O)N2CC[C@@H](C)C[C@@H]2C(N)=O)C1. The van der Waals surface area contributed by atoms with Crippen molar-refractivity contribution in [2.45, 2.75) is 83.2 Å². The highest BCUT2D eigenvalue weighted by atomic mass is 32.2. The number of nitrogens with one attached hydrogen (secondary N) is 2. The van der Waals surface area contributed by atoms with E-state index in [1.807, 2.05) is 13.0 Å². The lowest BCUT2D eigenvalue weighted by Gasteiger charge is -2.38. The molecule has 0 radical (unpaired) electrons. The summed E-state index contributed by atoms with van der Waals surface area (Å²) in [6, 6.07) is 3.27. The van der Waals surface area contributed by atoms with E-state index in [1.54, 1.807) is 6.07 Å². The number of anilines is 1. The summed E-state index contributed by atoms with van der Waals surface area (Å²) in [6.45, 7) is 10.2.